The number of hydrogen-bond acceptors (Lipinski definition) is 1. The highest BCUT2D eigenvalue weighted by Gasteiger charge is 2.54. The zero-order valence-corrected chi connectivity index (χ0v) is 30.4. The molecular formula is C55H32O. The van der Waals surface area contributed by atoms with E-state index in [1.807, 2.05) is 0 Å². The number of para-hydroxylation sites is 1. The maximum Gasteiger partial charge on any atom is 0.140 e. The van der Waals surface area contributed by atoms with Crippen molar-refractivity contribution in [2.24, 2.45) is 0 Å². The predicted molar refractivity (Wildman–Crippen MR) is 233 cm³/mol. The van der Waals surface area contributed by atoms with Crippen LogP contribution in [0.2, 0.25) is 0 Å². The minimum Gasteiger partial charge on any atom is -0.456 e. The fourth-order valence-electron chi connectivity index (χ4n) is 10.7. The van der Waals surface area contributed by atoms with Gasteiger partial charge in [-0.1, -0.05) is 176 Å². The van der Waals surface area contributed by atoms with Crippen LogP contribution in [-0.4, -0.2) is 0 Å². The standard InChI is InChI=1S/C55H32O/c1-2-15-35-31-36(26-25-33(35)13-1)50-39-17-5-7-19-41(39)51(42-20-8-6-18-40(42)50)37-27-29-43-48(32-37)55(47-30-28-34-14-3-4-16-38(34)52(43)47)46-23-11-9-21-44(46)54-53(55)45-22-10-12-24-49(45)56-54/h1-32H. The van der Waals surface area contributed by atoms with Gasteiger partial charge in [-0.2, -0.15) is 0 Å². The molecule has 0 N–H and O–H groups in total. The molecule has 2 aliphatic carbocycles. The van der Waals surface area contributed by atoms with Crippen molar-refractivity contribution < 1.29 is 4.42 Å². The van der Waals surface area contributed by atoms with Gasteiger partial charge in [-0.15, -0.1) is 0 Å². The molecule has 13 rings (SSSR count). The first kappa shape index (κ1) is 30.1. The topological polar surface area (TPSA) is 13.1 Å². The predicted octanol–water partition coefficient (Wildman–Crippen LogP) is 14.7. The molecule has 0 radical (unpaired) electrons. The first-order chi connectivity index (χ1) is 27.8. The van der Waals surface area contributed by atoms with Gasteiger partial charge >= 0.3 is 0 Å². The van der Waals surface area contributed by atoms with E-state index in [0.717, 1.165) is 11.3 Å². The van der Waals surface area contributed by atoms with Crippen LogP contribution in [0.25, 0.3) is 98.8 Å². The van der Waals surface area contributed by atoms with Crippen LogP contribution in [0.1, 0.15) is 22.3 Å². The third kappa shape index (κ3) is 3.75. The van der Waals surface area contributed by atoms with Crippen molar-refractivity contribution in [2.75, 3.05) is 0 Å². The summed E-state index contributed by atoms with van der Waals surface area (Å²) in [6.07, 6.45) is 0. The summed E-state index contributed by atoms with van der Waals surface area (Å²) in [6.45, 7) is 0. The summed E-state index contributed by atoms with van der Waals surface area (Å²) in [5, 5.41) is 11.2. The average Bonchev–Trinajstić information content (AvgIpc) is 3.89. The Bertz CT molecular complexity index is 3430. The summed E-state index contributed by atoms with van der Waals surface area (Å²) in [6, 6.07) is 72.0. The molecule has 0 saturated heterocycles. The van der Waals surface area contributed by atoms with E-state index >= 15 is 0 Å². The van der Waals surface area contributed by atoms with E-state index in [2.05, 4.69) is 194 Å². The molecule has 11 aromatic rings. The molecule has 1 heteroatoms. The van der Waals surface area contributed by atoms with Crippen molar-refractivity contribution in [2.45, 2.75) is 5.41 Å². The van der Waals surface area contributed by atoms with Crippen molar-refractivity contribution in [3.63, 3.8) is 0 Å². The molecule has 0 aliphatic heterocycles. The average molecular weight is 709 g/mol. The molecule has 1 atom stereocenters. The highest BCUT2D eigenvalue weighted by molar-refractivity contribution is 6.22. The number of hydrogen-bond donors (Lipinski definition) is 0. The molecule has 0 saturated carbocycles. The van der Waals surface area contributed by atoms with Gasteiger partial charge in [0.15, 0.2) is 0 Å². The van der Waals surface area contributed by atoms with Crippen molar-refractivity contribution in [3.05, 3.63) is 216 Å². The van der Waals surface area contributed by atoms with Gasteiger partial charge in [-0.25, -0.2) is 0 Å². The summed E-state index contributed by atoms with van der Waals surface area (Å²) >= 11 is 0. The van der Waals surface area contributed by atoms with E-state index in [1.165, 1.54) is 110 Å². The van der Waals surface area contributed by atoms with Gasteiger partial charge < -0.3 is 4.42 Å². The Labute approximate surface area is 323 Å². The third-order valence-corrected chi connectivity index (χ3v) is 12.8. The minimum atomic E-state index is -0.556. The van der Waals surface area contributed by atoms with Crippen LogP contribution >= 0.6 is 0 Å². The minimum absolute atomic E-state index is 0.556. The molecule has 1 spiro atoms. The number of furan rings is 1. The van der Waals surface area contributed by atoms with Gasteiger partial charge in [-0.3, -0.25) is 0 Å². The van der Waals surface area contributed by atoms with Gasteiger partial charge in [0.25, 0.3) is 0 Å². The smallest absolute Gasteiger partial charge is 0.140 e. The molecule has 1 heterocycles. The van der Waals surface area contributed by atoms with Crippen molar-refractivity contribution >= 4 is 54.1 Å². The van der Waals surface area contributed by atoms with Crippen LogP contribution < -0.4 is 0 Å². The third-order valence-electron chi connectivity index (χ3n) is 12.8. The van der Waals surface area contributed by atoms with Gasteiger partial charge in [-0.05, 0) is 111 Å². The van der Waals surface area contributed by atoms with Gasteiger partial charge in [0.05, 0.1) is 5.41 Å². The fourth-order valence-corrected chi connectivity index (χ4v) is 10.7. The van der Waals surface area contributed by atoms with Crippen molar-refractivity contribution in [3.8, 4) is 44.7 Å². The SMILES string of the molecule is c1ccc2c(c1)-c1oc3ccccc3c1C21c2cc(-c3c4ccccc4c(-c4ccc5ccccc5c4)c4ccccc34)ccc2-c2c1ccc1ccccc21. The Morgan fingerprint density at radius 3 is 1.62 bits per heavy atom. The summed E-state index contributed by atoms with van der Waals surface area (Å²) in [7, 11) is 0. The number of rotatable bonds is 2. The summed E-state index contributed by atoms with van der Waals surface area (Å²) in [4.78, 5) is 0. The highest BCUT2D eigenvalue weighted by Crippen LogP contribution is 2.66. The van der Waals surface area contributed by atoms with E-state index in [1.54, 1.807) is 0 Å². The summed E-state index contributed by atoms with van der Waals surface area (Å²) in [5.74, 6) is 0.981. The van der Waals surface area contributed by atoms with E-state index in [9.17, 15) is 0 Å². The van der Waals surface area contributed by atoms with Crippen LogP contribution in [0.5, 0.6) is 0 Å². The zero-order chi connectivity index (χ0) is 36.5. The molecule has 1 nitrogen and oxygen atoms in total. The Morgan fingerprint density at radius 2 is 0.875 bits per heavy atom. The van der Waals surface area contributed by atoms with Crippen LogP contribution in [0.4, 0.5) is 0 Å². The summed E-state index contributed by atoms with van der Waals surface area (Å²) < 4.78 is 6.85. The lowest BCUT2D eigenvalue weighted by Gasteiger charge is -2.30. The molecule has 2 aliphatic rings. The monoisotopic (exact) mass is 708 g/mol. The normalized spacial score (nSPS) is 15.2. The molecule has 0 fully saturated rings. The van der Waals surface area contributed by atoms with E-state index in [4.69, 9.17) is 4.42 Å². The van der Waals surface area contributed by atoms with E-state index in [-0.39, 0.29) is 0 Å². The Hall–Kier alpha value is -7.22. The molecule has 10 aromatic carbocycles. The second kappa shape index (κ2) is 10.9. The van der Waals surface area contributed by atoms with Gasteiger partial charge in [0.2, 0.25) is 0 Å². The quantitative estimate of drug-likeness (QED) is 0.163. The maximum atomic E-state index is 6.85. The maximum absolute atomic E-state index is 6.85. The molecule has 1 aromatic heterocycles. The Balaban J connectivity index is 1.16. The Morgan fingerprint density at radius 1 is 0.321 bits per heavy atom. The van der Waals surface area contributed by atoms with Crippen LogP contribution in [0.15, 0.2) is 199 Å². The highest BCUT2D eigenvalue weighted by atomic mass is 16.3. The first-order valence-electron chi connectivity index (χ1n) is 19.5. The second-order valence-electron chi connectivity index (χ2n) is 15.5. The van der Waals surface area contributed by atoms with E-state index in [0.29, 0.717) is 0 Å². The lowest BCUT2D eigenvalue weighted by Crippen LogP contribution is -2.26. The molecule has 258 valence electrons. The van der Waals surface area contributed by atoms with Gasteiger partial charge in [0.1, 0.15) is 11.3 Å². The largest absolute Gasteiger partial charge is 0.456 e. The van der Waals surface area contributed by atoms with E-state index < -0.39 is 5.41 Å². The molecule has 0 amide bonds. The molecule has 1 unspecified atom stereocenters. The van der Waals surface area contributed by atoms with Crippen molar-refractivity contribution in [1.29, 1.82) is 0 Å². The summed E-state index contributed by atoms with van der Waals surface area (Å²) in [5.41, 5.74) is 14.3. The number of fused-ring (bicyclic) bond motifs is 17. The zero-order valence-electron chi connectivity index (χ0n) is 30.4. The van der Waals surface area contributed by atoms with Crippen LogP contribution in [0, 0.1) is 0 Å². The van der Waals surface area contributed by atoms with Crippen LogP contribution in [0.3, 0.4) is 0 Å². The lowest BCUT2D eigenvalue weighted by atomic mass is 9.69. The Kier molecular flexibility index (Phi) is 5.89. The lowest BCUT2D eigenvalue weighted by molar-refractivity contribution is 0.628. The van der Waals surface area contributed by atoms with Gasteiger partial charge in [0, 0.05) is 16.5 Å². The van der Waals surface area contributed by atoms with Crippen LogP contribution in [-0.2, 0) is 5.41 Å². The van der Waals surface area contributed by atoms with Crippen molar-refractivity contribution in [1.82, 2.24) is 0 Å². The molecule has 56 heavy (non-hydrogen) atoms. The number of benzene rings is 10. The second-order valence-corrected chi connectivity index (χ2v) is 15.5. The fraction of sp³-hybridized carbons (Fsp3) is 0.0182. The first-order valence-corrected chi connectivity index (χ1v) is 19.5. The molecular weight excluding hydrogens is 677 g/mol. The molecule has 0 bridgehead atoms.